The maximum atomic E-state index is 14.3. The number of halogens is 4. The quantitative estimate of drug-likeness (QED) is 0.331. The molecule has 0 bridgehead atoms. The maximum absolute atomic E-state index is 14.3. The minimum Gasteiger partial charge on any atom is -0.292 e. The van der Waals surface area contributed by atoms with E-state index in [0.29, 0.717) is 19.4 Å². The Labute approximate surface area is 227 Å². The summed E-state index contributed by atoms with van der Waals surface area (Å²) in [6, 6.07) is 17.7. The van der Waals surface area contributed by atoms with Crippen molar-refractivity contribution in [1.82, 2.24) is 9.21 Å². The van der Waals surface area contributed by atoms with Gasteiger partial charge >= 0.3 is 6.18 Å². The number of fused-ring (bicyclic) bond motifs is 1. The van der Waals surface area contributed by atoms with E-state index in [1.807, 2.05) is 35.2 Å². The smallest absolute Gasteiger partial charge is 0.292 e. The number of hydrogen-bond donors (Lipinski definition) is 0. The molecule has 3 atom stereocenters. The van der Waals surface area contributed by atoms with Gasteiger partial charge in [0.2, 0.25) is 10.0 Å². The van der Waals surface area contributed by atoms with Gasteiger partial charge in [-0.15, -0.1) is 0 Å². The van der Waals surface area contributed by atoms with Gasteiger partial charge in [0.05, 0.1) is 10.5 Å². The lowest BCUT2D eigenvalue weighted by atomic mass is 9.74. The van der Waals surface area contributed by atoms with Crippen molar-refractivity contribution in [2.45, 2.75) is 55.8 Å². The van der Waals surface area contributed by atoms with Crippen LogP contribution in [0.2, 0.25) is 0 Å². The number of rotatable bonds is 5. The summed E-state index contributed by atoms with van der Waals surface area (Å²) in [6.45, 7) is 4.31. The van der Waals surface area contributed by atoms with Gasteiger partial charge in [0.25, 0.3) is 0 Å². The van der Waals surface area contributed by atoms with Crippen LogP contribution in [0.3, 0.4) is 0 Å². The Morgan fingerprint density at radius 3 is 2.28 bits per heavy atom. The topological polar surface area (TPSA) is 40.6 Å². The summed E-state index contributed by atoms with van der Waals surface area (Å²) in [5.41, 5.74) is 4.26. The number of aryl methyl sites for hydroxylation is 1. The van der Waals surface area contributed by atoms with Gasteiger partial charge in [-0.1, -0.05) is 54.6 Å². The Balaban J connectivity index is 1.46. The summed E-state index contributed by atoms with van der Waals surface area (Å²) in [7, 11) is -4.43. The molecule has 0 aromatic heterocycles. The third-order valence-corrected chi connectivity index (χ3v) is 10.2. The van der Waals surface area contributed by atoms with E-state index in [4.69, 9.17) is 0 Å². The van der Waals surface area contributed by atoms with Crippen molar-refractivity contribution in [1.29, 1.82) is 0 Å². The maximum Gasteiger partial charge on any atom is 0.417 e. The lowest BCUT2D eigenvalue weighted by Gasteiger charge is -2.56. The number of nitrogens with zero attached hydrogens (tertiary/aromatic N) is 2. The highest BCUT2D eigenvalue weighted by molar-refractivity contribution is 7.89. The first-order valence-electron chi connectivity index (χ1n) is 13.2. The van der Waals surface area contributed by atoms with Crippen molar-refractivity contribution < 1.29 is 26.0 Å². The van der Waals surface area contributed by atoms with Gasteiger partial charge in [0.1, 0.15) is 6.67 Å². The van der Waals surface area contributed by atoms with E-state index in [0.717, 1.165) is 28.8 Å². The Morgan fingerprint density at radius 2 is 1.59 bits per heavy atom. The monoisotopic (exact) mass is 560 g/mol. The number of sulfonamides is 1. The molecular formula is C30H32F4N2O2S. The molecule has 0 radical (unpaired) electrons. The molecule has 5 rings (SSSR count). The van der Waals surface area contributed by atoms with Crippen LogP contribution in [0.25, 0.3) is 11.1 Å². The molecule has 0 amide bonds. The van der Waals surface area contributed by atoms with Crippen molar-refractivity contribution in [2.75, 3.05) is 26.3 Å². The zero-order chi connectivity index (χ0) is 27.9. The van der Waals surface area contributed by atoms with Gasteiger partial charge < -0.3 is 0 Å². The molecule has 0 spiro atoms. The predicted octanol–water partition coefficient (Wildman–Crippen LogP) is 6.58. The van der Waals surface area contributed by atoms with Crippen LogP contribution in [0.4, 0.5) is 17.6 Å². The molecule has 39 heavy (non-hydrogen) atoms. The Bertz CT molecular complexity index is 1440. The van der Waals surface area contributed by atoms with E-state index >= 15 is 0 Å². The molecule has 3 aromatic rings. The second-order valence-corrected chi connectivity index (χ2v) is 12.4. The molecule has 1 unspecified atom stereocenters. The standard InChI is InChI=1S/C30H32F4N2O2S/c1-20-8-7-9-24(21(20)2)22-12-14-23(15-13-22)29-26(18-31)36-17-6-5-16-35(19-27(29)36)39(37,38)28-11-4-3-10-25(28)30(32,33)34/h3-4,7-15,26-27,29H,5-6,16-19H2,1-2H3/t26-,27+,29?/m1/s1. The van der Waals surface area contributed by atoms with E-state index in [9.17, 15) is 26.0 Å². The molecule has 0 saturated carbocycles. The highest BCUT2D eigenvalue weighted by Crippen LogP contribution is 2.44. The van der Waals surface area contributed by atoms with Crippen LogP contribution in [0.5, 0.6) is 0 Å². The zero-order valence-electron chi connectivity index (χ0n) is 22.0. The average Bonchev–Trinajstić information content (AvgIpc) is 2.89. The van der Waals surface area contributed by atoms with E-state index < -0.39 is 39.4 Å². The molecule has 2 heterocycles. The first kappa shape index (κ1) is 27.8. The van der Waals surface area contributed by atoms with Crippen molar-refractivity contribution >= 4 is 10.0 Å². The van der Waals surface area contributed by atoms with Gasteiger partial charge in [-0.2, -0.15) is 17.5 Å². The molecule has 208 valence electrons. The second-order valence-electron chi connectivity index (χ2n) is 10.5. The van der Waals surface area contributed by atoms with E-state index in [1.165, 1.54) is 27.6 Å². The van der Waals surface area contributed by atoms with Gasteiger partial charge in [0.15, 0.2) is 0 Å². The lowest BCUT2D eigenvalue weighted by molar-refractivity contribution is -0.139. The fourth-order valence-corrected chi connectivity index (χ4v) is 7.82. The summed E-state index contributed by atoms with van der Waals surface area (Å²) >= 11 is 0. The average molecular weight is 561 g/mol. The largest absolute Gasteiger partial charge is 0.417 e. The van der Waals surface area contributed by atoms with Crippen LogP contribution in [-0.4, -0.2) is 56.0 Å². The molecule has 3 aromatic carbocycles. The molecule has 2 aliphatic heterocycles. The van der Waals surface area contributed by atoms with Crippen LogP contribution in [0.15, 0.2) is 71.6 Å². The van der Waals surface area contributed by atoms with Crippen LogP contribution in [0.1, 0.15) is 41.0 Å². The third-order valence-electron chi connectivity index (χ3n) is 8.33. The fraction of sp³-hybridized carbons (Fsp3) is 0.400. The van der Waals surface area contributed by atoms with Crippen molar-refractivity contribution in [3.63, 3.8) is 0 Å². The van der Waals surface area contributed by atoms with Gasteiger partial charge in [-0.3, -0.25) is 4.90 Å². The number of hydrogen-bond acceptors (Lipinski definition) is 3. The van der Waals surface area contributed by atoms with Gasteiger partial charge in [-0.25, -0.2) is 12.8 Å². The molecular weight excluding hydrogens is 528 g/mol. The van der Waals surface area contributed by atoms with E-state index in [2.05, 4.69) is 26.0 Å². The van der Waals surface area contributed by atoms with Crippen LogP contribution >= 0.6 is 0 Å². The first-order chi connectivity index (χ1) is 18.5. The number of alkyl halides is 4. The number of benzene rings is 3. The summed E-state index contributed by atoms with van der Waals surface area (Å²) in [6.07, 6.45) is -3.67. The molecule has 2 saturated heterocycles. The van der Waals surface area contributed by atoms with Crippen molar-refractivity contribution in [2.24, 2.45) is 0 Å². The van der Waals surface area contributed by atoms with E-state index in [-0.39, 0.29) is 25.0 Å². The molecule has 0 aliphatic carbocycles. The highest BCUT2D eigenvalue weighted by atomic mass is 32.2. The normalized spacial score (nSPS) is 23.0. The molecule has 0 N–H and O–H groups in total. The second kappa shape index (κ2) is 10.7. The molecule has 4 nitrogen and oxygen atoms in total. The molecule has 2 fully saturated rings. The van der Waals surface area contributed by atoms with Crippen molar-refractivity contribution in [3.8, 4) is 11.1 Å². The van der Waals surface area contributed by atoms with Crippen LogP contribution in [-0.2, 0) is 16.2 Å². The van der Waals surface area contributed by atoms with Crippen LogP contribution in [0, 0.1) is 13.8 Å². The van der Waals surface area contributed by atoms with Crippen molar-refractivity contribution in [3.05, 3.63) is 89.0 Å². The summed E-state index contributed by atoms with van der Waals surface area (Å²) in [5.74, 6) is -0.267. The Kier molecular flexibility index (Phi) is 7.61. The summed E-state index contributed by atoms with van der Waals surface area (Å²) < 4.78 is 83.7. The summed E-state index contributed by atoms with van der Waals surface area (Å²) in [5, 5.41) is 0. The van der Waals surface area contributed by atoms with Gasteiger partial charge in [-0.05, 0) is 73.2 Å². The molecule has 2 aliphatic rings. The first-order valence-corrected chi connectivity index (χ1v) is 14.6. The summed E-state index contributed by atoms with van der Waals surface area (Å²) in [4.78, 5) is 1.25. The fourth-order valence-electron chi connectivity index (χ4n) is 6.11. The van der Waals surface area contributed by atoms with E-state index in [1.54, 1.807) is 0 Å². The third kappa shape index (κ3) is 5.12. The highest BCUT2D eigenvalue weighted by Gasteiger charge is 2.51. The predicted molar refractivity (Wildman–Crippen MR) is 144 cm³/mol. The lowest BCUT2D eigenvalue weighted by Crippen LogP contribution is -2.67. The minimum atomic E-state index is -4.80. The van der Waals surface area contributed by atoms with Gasteiger partial charge in [0, 0.05) is 31.1 Å². The Morgan fingerprint density at radius 1 is 0.897 bits per heavy atom. The zero-order valence-corrected chi connectivity index (χ0v) is 22.8. The molecule has 9 heteroatoms. The Hall–Kier alpha value is -2.75. The van der Waals surface area contributed by atoms with Crippen LogP contribution < -0.4 is 0 Å². The minimum absolute atomic E-state index is 0.00836. The SMILES string of the molecule is Cc1cccc(-c2ccc(C3[C@@H](CF)N4CCCCN(S(=O)(=O)c5ccccc5C(F)(F)F)C[C@@H]34)cc2)c1C.